The van der Waals surface area contributed by atoms with Crippen LogP contribution >= 0.6 is 0 Å². The van der Waals surface area contributed by atoms with Crippen LogP contribution in [0.3, 0.4) is 0 Å². The monoisotopic (exact) mass is 277 g/mol. The molecule has 0 fully saturated rings. The summed E-state index contributed by atoms with van der Waals surface area (Å²) in [5.41, 5.74) is 2.38. The van der Waals surface area contributed by atoms with Crippen LogP contribution in [-0.4, -0.2) is 9.67 Å². The molecule has 0 spiro atoms. The summed E-state index contributed by atoms with van der Waals surface area (Å²) < 4.78 is 1.61. The van der Waals surface area contributed by atoms with Crippen molar-refractivity contribution < 1.29 is 5.11 Å². The van der Waals surface area contributed by atoms with Crippen LogP contribution in [0.25, 0.3) is 11.1 Å². The third kappa shape index (κ3) is 2.87. The van der Waals surface area contributed by atoms with E-state index in [1.54, 1.807) is 10.8 Å². The molecule has 0 bridgehead atoms. The largest absolute Gasteiger partial charge is 0.507 e. The molecule has 21 heavy (non-hydrogen) atoms. The van der Waals surface area contributed by atoms with Gasteiger partial charge in [0, 0.05) is 17.8 Å². The van der Waals surface area contributed by atoms with Crippen LogP contribution in [0.4, 0.5) is 0 Å². The summed E-state index contributed by atoms with van der Waals surface area (Å²) >= 11 is 0. The van der Waals surface area contributed by atoms with E-state index in [2.05, 4.69) is 0 Å². The number of aromatic nitrogens is 1. The smallest absolute Gasteiger partial charge is 0.254 e. The molecule has 1 aromatic heterocycles. The lowest BCUT2D eigenvalue weighted by atomic mass is 10.1. The molecular formula is C18H15NO2. The molecule has 0 aliphatic heterocycles. The molecule has 0 aliphatic rings. The highest BCUT2D eigenvalue weighted by Crippen LogP contribution is 2.27. The van der Waals surface area contributed by atoms with Crippen molar-refractivity contribution in [3.8, 4) is 16.9 Å². The lowest BCUT2D eigenvalue weighted by Crippen LogP contribution is -2.19. The average Bonchev–Trinajstić information content (AvgIpc) is 2.52. The first-order chi connectivity index (χ1) is 10.2. The molecule has 0 radical (unpaired) electrons. The van der Waals surface area contributed by atoms with E-state index in [9.17, 15) is 9.90 Å². The first kappa shape index (κ1) is 13.2. The zero-order valence-electron chi connectivity index (χ0n) is 11.4. The van der Waals surface area contributed by atoms with Gasteiger partial charge < -0.3 is 9.67 Å². The van der Waals surface area contributed by atoms with Crippen LogP contribution in [0.1, 0.15) is 5.56 Å². The van der Waals surface area contributed by atoms with Crippen LogP contribution < -0.4 is 5.56 Å². The molecule has 0 aliphatic carbocycles. The van der Waals surface area contributed by atoms with E-state index in [4.69, 9.17) is 0 Å². The Morgan fingerprint density at radius 1 is 0.905 bits per heavy atom. The first-order valence-electron chi connectivity index (χ1n) is 6.77. The predicted molar refractivity (Wildman–Crippen MR) is 83.3 cm³/mol. The van der Waals surface area contributed by atoms with Gasteiger partial charge in [0.15, 0.2) is 0 Å². The van der Waals surface area contributed by atoms with Crippen molar-refractivity contribution in [2.45, 2.75) is 6.54 Å². The van der Waals surface area contributed by atoms with E-state index in [1.807, 2.05) is 60.7 Å². The molecule has 0 saturated carbocycles. The Labute approximate surface area is 122 Å². The summed E-state index contributed by atoms with van der Waals surface area (Å²) in [5.74, 6) is 0.00973. The standard InChI is InChI=1S/C18H15NO2/c20-17-11-18(21)19(12-14-7-3-1-4-8-14)13-16(17)15-9-5-2-6-10-15/h1-11,13,20H,12H2. The summed E-state index contributed by atoms with van der Waals surface area (Å²) in [6.07, 6.45) is 1.71. The quantitative estimate of drug-likeness (QED) is 0.798. The topological polar surface area (TPSA) is 42.2 Å². The third-order valence-corrected chi connectivity index (χ3v) is 3.38. The molecule has 0 unspecified atom stereocenters. The lowest BCUT2D eigenvalue weighted by molar-refractivity contribution is 0.473. The van der Waals surface area contributed by atoms with E-state index >= 15 is 0 Å². The molecule has 3 rings (SSSR count). The third-order valence-electron chi connectivity index (χ3n) is 3.38. The fourth-order valence-electron chi connectivity index (χ4n) is 2.31. The number of aromatic hydroxyl groups is 1. The zero-order valence-corrected chi connectivity index (χ0v) is 11.4. The highest BCUT2D eigenvalue weighted by molar-refractivity contribution is 5.68. The van der Waals surface area contributed by atoms with Crippen LogP contribution in [0.15, 0.2) is 77.7 Å². The highest BCUT2D eigenvalue weighted by Gasteiger charge is 2.08. The van der Waals surface area contributed by atoms with E-state index < -0.39 is 0 Å². The Morgan fingerprint density at radius 2 is 1.52 bits per heavy atom. The SMILES string of the molecule is O=c1cc(O)c(-c2ccccc2)cn1Cc1ccccc1. The van der Waals surface area contributed by atoms with Gasteiger partial charge in [0.05, 0.1) is 6.54 Å². The molecule has 0 amide bonds. The van der Waals surface area contributed by atoms with Crippen molar-refractivity contribution in [1.29, 1.82) is 0 Å². The molecule has 0 saturated heterocycles. The van der Waals surface area contributed by atoms with E-state index in [0.717, 1.165) is 11.1 Å². The van der Waals surface area contributed by atoms with Crippen LogP contribution in [0.5, 0.6) is 5.75 Å². The molecule has 3 aromatic rings. The maximum absolute atomic E-state index is 12.0. The Balaban J connectivity index is 2.04. The van der Waals surface area contributed by atoms with E-state index in [1.165, 1.54) is 6.07 Å². The van der Waals surface area contributed by atoms with Gasteiger partial charge in [-0.1, -0.05) is 60.7 Å². The van der Waals surface area contributed by atoms with Gasteiger partial charge in [0.25, 0.3) is 5.56 Å². The fourth-order valence-corrected chi connectivity index (χ4v) is 2.31. The van der Waals surface area contributed by atoms with Gasteiger partial charge in [-0.3, -0.25) is 4.79 Å². The number of hydrogen-bond donors (Lipinski definition) is 1. The molecular weight excluding hydrogens is 262 g/mol. The Morgan fingerprint density at radius 3 is 2.19 bits per heavy atom. The van der Waals surface area contributed by atoms with Crippen LogP contribution in [-0.2, 0) is 6.54 Å². The molecule has 3 heteroatoms. The number of rotatable bonds is 3. The number of nitrogens with zero attached hydrogens (tertiary/aromatic N) is 1. The van der Waals surface area contributed by atoms with Crippen molar-refractivity contribution in [1.82, 2.24) is 4.57 Å². The lowest BCUT2D eigenvalue weighted by Gasteiger charge is -2.10. The molecule has 104 valence electrons. The van der Waals surface area contributed by atoms with Gasteiger partial charge in [0.1, 0.15) is 5.75 Å². The van der Waals surface area contributed by atoms with Crippen molar-refractivity contribution in [3.63, 3.8) is 0 Å². The minimum atomic E-state index is -0.212. The first-order valence-corrected chi connectivity index (χ1v) is 6.77. The van der Waals surface area contributed by atoms with E-state index in [0.29, 0.717) is 12.1 Å². The Kier molecular flexibility index (Phi) is 3.56. The molecule has 2 aromatic carbocycles. The summed E-state index contributed by atoms with van der Waals surface area (Å²) in [6.45, 7) is 0.486. The van der Waals surface area contributed by atoms with Crippen molar-refractivity contribution in [3.05, 3.63) is 88.8 Å². The molecule has 0 atom stereocenters. The van der Waals surface area contributed by atoms with Crippen molar-refractivity contribution in [2.24, 2.45) is 0 Å². The van der Waals surface area contributed by atoms with Crippen molar-refractivity contribution in [2.75, 3.05) is 0 Å². The second kappa shape index (κ2) is 5.67. The maximum Gasteiger partial charge on any atom is 0.254 e. The fraction of sp³-hybridized carbons (Fsp3) is 0.0556. The Hall–Kier alpha value is -2.81. The van der Waals surface area contributed by atoms with Gasteiger partial charge in [-0.2, -0.15) is 0 Å². The predicted octanol–water partition coefficient (Wildman–Crippen LogP) is 3.27. The van der Waals surface area contributed by atoms with Gasteiger partial charge in [0.2, 0.25) is 0 Å². The summed E-state index contributed by atoms with van der Waals surface area (Å²) in [5, 5.41) is 10.0. The highest BCUT2D eigenvalue weighted by atomic mass is 16.3. The maximum atomic E-state index is 12.0. The van der Waals surface area contributed by atoms with E-state index in [-0.39, 0.29) is 11.3 Å². The van der Waals surface area contributed by atoms with Crippen LogP contribution in [0.2, 0.25) is 0 Å². The second-order valence-electron chi connectivity index (χ2n) is 4.89. The number of hydrogen-bond acceptors (Lipinski definition) is 2. The van der Waals surface area contributed by atoms with Gasteiger partial charge in [-0.15, -0.1) is 0 Å². The van der Waals surface area contributed by atoms with Gasteiger partial charge in [-0.25, -0.2) is 0 Å². The van der Waals surface area contributed by atoms with Crippen LogP contribution in [0, 0.1) is 0 Å². The minimum absolute atomic E-state index is 0.00973. The Bertz CT molecular complexity index is 792. The van der Waals surface area contributed by atoms with Gasteiger partial charge >= 0.3 is 0 Å². The minimum Gasteiger partial charge on any atom is -0.507 e. The zero-order chi connectivity index (χ0) is 14.7. The molecule has 1 N–H and O–H groups in total. The normalized spacial score (nSPS) is 10.5. The average molecular weight is 277 g/mol. The molecule has 3 nitrogen and oxygen atoms in total. The summed E-state index contributed by atoms with van der Waals surface area (Å²) in [6, 6.07) is 20.6. The van der Waals surface area contributed by atoms with Crippen molar-refractivity contribution >= 4 is 0 Å². The summed E-state index contributed by atoms with van der Waals surface area (Å²) in [4.78, 5) is 12.0. The number of benzene rings is 2. The number of pyridine rings is 1. The molecule has 1 heterocycles. The van der Waals surface area contributed by atoms with Gasteiger partial charge in [-0.05, 0) is 11.1 Å². The second-order valence-corrected chi connectivity index (χ2v) is 4.89. The summed E-state index contributed by atoms with van der Waals surface area (Å²) in [7, 11) is 0.